The van der Waals surface area contributed by atoms with Gasteiger partial charge in [-0.15, -0.1) is 11.3 Å². The number of thiazole rings is 1. The van der Waals surface area contributed by atoms with Gasteiger partial charge >= 0.3 is 42.3 Å². The Labute approximate surface area is 476 Å². The molecule has 3 aromatic carbocycles. The summed E-state index contributed by atoms with van der Waals surface area (Å²) in [7, 11) is 3.90. The smallest absolute Gasteiger partial charge is 0.378 e. The van der Waals surface area contributed by atoms with Gasteiger partial charge in [0.2, 0.25) is 16.4 Å². The topological polar surface area (TPSA) is 289 Å². The van der Waals surface area contributed by atoms with Crippen molar-refractivity contribution >= 4 is 100 Å². The second kappa shape index (κ2) is 25.1. The molecule has 3 aliphatic heterocycles. The number of nitrogens with one attached hydrogen (secondary N) is 3. The van der Waals surface area contributed by atoms with Gasteiger partial charge in [0.15, 0.2) is 28.8 Å². The summed E-state index contributed by atoms with van der Waals surface area (Å²) in [5.74, 6) is -2.88. The highest BCUT2D eigenvalue weighted by Crippen LogP contribution is 2.53. The molecule has 2 radical (unpaired) electrons. The van der Waals surface area contributed by atoms with Crippen molar-refractivity contribution in [2.24, 2.45) is 11.1 Å². The molecule has 3 N–H and O–H groups in total. The number of carbonyl (C=O) groups is 7. The number of β-lactam (4-membered cyclic amide) rings is 1. The van der Waals surface area contributed by atoms with E-state index in [1.807, 2.05) is 12.1 Å². The molecule has 4 heterocycles. The molecule has 3 atom stereocenters. The molecular formula is C51H58BClN8O16S3. The number of carbonyl (C=O) groups excluding carboxylic acids is 7. The third kappa shape index (κ3) is 14.2. The van der Waals surface area contributed by atoms with Gasteiger partial charge < -0.3 is 38.1 Å². The fourth-order valence-electron chi connectivity index (χ4n) is 8.27. The van der Waals surface area contributed by atoms with Crippen molar-refractivity contribution in [3.63, 3.8) is 0 Å². The van der Waals surface area contributed by atoms with E-state index >= 15 is 0 Å². The van der Waals surface area contributed by atoms with E-state index in [-0.39, 0.29) is 79.2 Å². The van der Waals surface area contributed by atoms with Crippen molar-refractivity contribution in [3.8, 4) is 23.0 Å². The Balaban J connectivity index is 0.931. The van der Waals surface area contributed by atoms with Crippen LogP contribution in [0.1, 0.15) is 86.1 Å². The van der Waals surface area contributed by atoms with Crippen molar-refractivity contribution in [3.05, 3.63) is 98.5 Å². The number of hydrogen-bond donors (Lipinski definition) is 3. The van der Waals surface area contributed by atoms with Gasteiger partial charge in [0.05, 0.1) is 48.6 Å². The molecule has 0 aliphatic carbocycles. The number of halogens is 1. The van der Waals surface area contributed by atoms with Crippen molar-refractivity contribution in [2.45, 2.75) is 95.5 Å². The van der Waals surface area contributed by atoms with Crippen molar-refractivity contribution < 1.29 is 75.2 Å². The number of urea groups is 2. The van der Waals surface area contributed by atoms with Crippen LogP contribution < -0.4 is 33.8 Å². The summed E-state index contributed by atoms with van der Waals surface area (Å²) in [6.45, 7) is 8.54. The molecule has 29 heteroatoms. The molecule has 5 amide bonds. The Morgan fingerprint density at radius 2 is 1.55 bits per heavy atom. The largest absolute Gasteiger partial charge is 0.541 e. The van der Waals surface area contributed by atoms with E-state index in [1.54, 1.807) is 94.5 Å². The second-order valence-electron chi connectivity index (χ2n) is 19.8. The first-order valence-corrected chi connectivity index (χ1v) is 28.3. The lowest BCUT2D eigenvalue weighted by atomic mass is 9.90. The Morgan fingerprint density at radius 1 is 0.912 bits per heavy atom. The predicted octanol–water partition coefficient (Wildman–Crippen LogP) is 5.38. The molecule has 4 aromatic rings. The number of Topliss-reactive ketones (excluding diaryl/α,β-unsaturated/α-hetero) is 2. The van der Waals surface area contributed by atoms with Gasteiger partial charge in [-0.3, -0.25) is 24.1 Å². The van der Waals surface area contributed by atoms with Crippen molar-refractivity contribution in [1.82, 2.24) is 34.7 Å². The lowest BCUT2D eigenvalue weighted by Gasteiger charge is -2.40. The molecule has 0 spiro atoms. The fraction of sp³-hybridized carbons (Fsp3) is 0.431. The van der Waals surface area contributed by atoms with Gasteiger partial charge in [0.1, 0.15) is 36.0 Å². The number of rotatable bonds is 25. The first-order chi connectivity index (χ1) is 37.8. The highest BCUT2D eigenvalue weighted by molar-refractivity contribution is 8.02. The van der Waals surface area contributed by atoms with E-state index in [2.05, 4.69) is 24.9 Å². The number of aromatic nitrogens is 1. The lowest BCUT2D eigenvalue weighted by molar-refractivity contribution is -0.179. The van der Waals surface area contributed by atoms with E-state index in [9.17, 15) is 42.0 Å². The molecule has 3 saturated heterocycles. The molecule has 80 heavy (non-hydrogen) atoms. The molecule has 3 fully saturated rings. The molecule has 426 valence electrons. The highest BCUT2D eigenvalue weighted by Gasteiger charge is 2.66. The maximum atomic E-state index is 14.0. The summed E-state index contributed by atoms with van der Waals surface area (Å²) in [4.78, 5) is 105. The number of benzene rings is 3. The number of thioether (sulfide) groups is 1. The monoisotopic (exact) mass is 1180 g/mol. The molecule has 0 saturated carbocycles. The zero-order chi connectivity index (χ0) is 58.3. The summed E-state index contributed by atoms with van der Waals surface area (Å²) in [6.07, 6.45) is -0.666. The third-order valence-corrected chi connectivity index (χ3v) is 16.3. The summed E-state index contributed by atoms with van der Waals surface area (Å²) in [5.41, 5.74) is 1.22. The first kappa shape index (κ1) is 60.5. The minimum Gasteiger partial charge on any atom is -0.541 e. The summed E-state index contributed by atoms with van der Waals surface area (Å²) < 4.78 is 62.7. The number of esters is 1. The normalized spacial score (nSPS) is 18.2. The Kier molecular flexibility index (Phi) is 19.0. The van der Waals surface area contributed by atoms with Crippen LogP contribution in [0.25, 0.3) is 0 Å². The number of ketones is 2. The van der Waals surface area contributed by atoms with Crippen LogP contribution in [0.2, 0.25) is 5.02 Å². The van der Waals surface area contributed by atoms with E-state index in [0.717, 1.165) is 32.8 Å². The van der Waals surface area contributed by atoms with E-state index in [4.69, 9.17) is 48.2 Å². The molecule has 0 unspecified atom stereocenters. The number of amides is 5. The summed E-state index contributed by atoms with van der Waals surface area (Å²) >= 11 is 8.87. The van der Waals surface area contributed by atoms with Crippen molar-refractivity contribution in [2.75, 3.05) is 40.4 Å². The van der Waals surface area contributed by atoms with Crippen LogP contribution in [0.15, 0.2) is 71.2 Å². The second-order valence-corrected chi connectivity index (χ2v) is 24.1. The molecule has 24 nitrogen and oxygen atoms in total. The number of fused-ring (bicyclic) bond motifs is 1. The fourth-order valence-corrected chi connectivity index (χ4v) is 11.7. The molecule has 1 aromatic heterocycles. The number of ether oxygens (including phenoxy) is 5. The number of aryl methyl sites for hydroxylation is 1. The predicted molar refractivity (Wildman–Crippen MR) is 292 cm³/mol. The van der Waals surface area contributed by atoms with E-state index < -0.39 is 92.0 Å². The van der Waals surface area contributed by atoms with Crippen LogP contribution >= 0.6 is 34.7 Å². The Hall–Kier alpha value is -7.14. The van der Waals surface area contributed by atoms with Gasteiger partial charge in [-0.25, -0.2) is 34.5 Å². The van der Waals surface area contributed by atoms with E-state index in [1.165, 1.54) is 36.2 Å². The van der Waals surface area contributed by atoms with Crippen molar-refractivity contribution in [1.29, 1.82) is 0 Å². The number of hydrogen-bond acceptors (Lipinski definition) is 20. The minimum atomic E-state index is -4.59. The Bertz CT molecular complexity index is 3160. The van der Waals surface area contributed by atoms with Gasteiger partial charge in [-0.05, 0) is 95.5 Å². The zero-order valence-corrected chi connectivity index (χ0v) is 48.0. The minimum absolute atomic E-state index is 0.0233. The highest BCUT2D eigenvalue weighted by atomic mass is 35.5. The van der Waals surface area contributed by atoms with E-state index in [0.29, 0.717) is 16.5 Å². The SMILES string of the molecule is [B]OC(=O)[C@@]1(N2CCN(NC(=O)NS(=O)(=O)NCCCC(=O)c3ccc(OCc4ccc(OC)cc4)c(OCc4ccc(OC)cc4)c3Cl)C2=O)CN2C(=O)[C@@H](CC(=O)/C(=N\OC(C)(C)C(=O)OC(C)(C)C)c3csc(C)n3)[C@H]2S1. The summed E-state index contributed by atoms with van der Waals surface area (Å²) in [5, 5.41) is 6.06. The number of methoxy groups -OCH3 is 2. The maximum Gasteiger partial charge on any atom is 0.378 e. The summed E-state index contributed by atoms with van der Waals surface area (Å²) in [6, 6.07) is 15.1. The average molecular weight is 1180 g/mol. The molecular weight excluding hydrogens is 1120 g/mol. The molecule has 3 aliphatic rings. The van der Waals surface area contributed by atoms with Crippen LogP contribution in [0.4, 0.5) is 9.59 Å². The average Bonchev–Trinajstić information content (AvgIpc) is 4.26. The van der Waals surface area contributed by atoms with Crippen LogP contribution in [0.5, 0.6) is 23.0 Å². The first-order valence-electron chi connectivity index (χ1n) is 24.7. The maximum absolute atomic E-state index is 14.0. The van der Waals surface area contributed by atoms with Crippen LogP contribution in [-0.2, 0) is 56.8 Å². The zero-order valence-electron chi connectivity index (χ0n) is 44.8. The lowest BCUT2D eigenvalue weighted by Crippen LogP contribution is -2.60. The Morgan fingerprint density at radius 3 is 2.14 bits per heavy atom. The third-order valence-electron chi connectivity index (χ3n) is 12.4. The van der Waals surface area contributed by atoms with Gasteiger partial charge in [-0.1, -0.05) is 52.8 Å². The van der Waals surface area contributed by atoms with Crippen LogP contribution in [0, 0.1) is 12.8 Å². The number of nitrogens with zero attached hydrogens (tertiary/aromatic N) is 5. The molecule has 7 rings (SSSR count). The van der Waals surface area contributed by atoms with Gasteiger partial charge in [-0.2, -0.15) is 13.1 Å². The molecule has 0 bridgehead atoms. The van der Waals surface area contributed by atoms with Crippen LogP contribution in [0.3, 0.4) is 0 Å². The van der Waals surface area contributed by atoms with Gasteiger partial charge in [0, 0.05) is 36.9 Å². The van der Waals surface area contributed by atoms with Crippen LogP contribution in [-0.4, -0.2) is 145 Å². The quantitative estimate of drug-likeness (QED) is 0.0143. The number of hydrazine groups is 1. The standard InChI is InChI=1S/C51H58BClN8O16S3/c1-29-55-36(27-78-29)41(57-77-50(5,6)45(65)75-49(2,3)4)38(63)24-35-43(64)59-28-51(46(66)76-52,79-44(35)59)60-22-23-61(48(60)68)56-47(67)58-80(69,70)54-21-9-10-37(62)34-19-20-39(73-25-30-11-15-32(71-7)16-12-30)42(40(34)53)74-26-31-13-17-33(72-8)18-14-31/h11-20,27,35,44,54H,9-10,21-26,28H2,1-8H3,(H2,56,58,67)/b57-41-/t35-,44-,51-/m1/s1. The number of oxime groups is 1. The van der Waals surface area contributed by atoms with Gasteiger partial charge in [0.25, 0.3) is 0 Å².